The van der Waals surface area contributed by atoms with Gasteiger partial charge in [-0.05, 0) is 12.5 Å². The maximum absolute atomic E-state index is 5.75. The highest BCUT2D eigenvalue weighted by Crippen LogP contribution is 2.19. The number of ether oxygens (including phenoxy) is 2. The Morgan fingerprint density at radius 3 is 2.53 bits per heavy atom. The van der Waals surface area contributed by atoms with E-state index in [1.54, 1.807) is 0 Å². The number of rotatable bonds is 7. The molecule has 0 aromatic heterocycles. The first-order chi connectivity index (χ1) is 7.38. The van der Waals surface area contributed by atoms with Gasteiger partial charge in [0.1, 0.15) is 0 Å². The molecule has 0 saturated heterocycles. The maximum Gasteiger partial charge on any atom is 0.0915 e. The molecule has 3 heteroatoms. The standard InChI is InChI=1S/C12H17IO2/c1-2-14-8-9-15-12(10-13)11-6-4-3-5-7-11/h3-7,12H,2,8-10H2,1H3. The van der Waals surface area contributed by atoms with Crippen molar-refractivity contribution in [2.24, 2.45) is 0 Å². The van der Waals surface area contributed by atoms with Crippen molar-refractivity contribution in [3.05, 3.63) is 35.9 Å². The minimum Gasteiger partial charge on any atom is -0.379 e. The summed E-state index contributed by atoms with van der Waals surface area (Å²) in [7, 11) is 0. The van der Waals surface area contributed by atoms with Crippen LogP contribution in [0.5, 0.6) is 0 Å². The highest BCUT2D eigenvalue weighted by atomic mass is 127. The van der Waals surface area contributed by atoms with E-state index in [4.69, 9.17) is 9.47 Å². The lowest BCUT2D eigenvalue weighted by Crippen LogP contribution is -2.10. The van der Waals surface area contributed by atoms with Crippen LogP contribution in [0.3, 0.4) is 0 Å². The molecule has 0 bridgehead atoms. The quantitative estimate of drug-likeness (QED) is 0.436. The molecule has 15 heavy (non-hydrogen) atoms. The second-order valence-corrected chi connectivity index (χ2v) is 4.00. The highest BCUT2D eigenvalue weighted by Gasteiger charge is 2.08. The van der Waals surface area contributed by atoms with Gasteiger partial charge in [-0.1, -0.05) is 52.9 Å². The molecule has 0 saturated carbocycles. The fourth-order valence-corrected chi connectivity index (χ4v) is 2.05. The summed E-state index contributed by atoms with van der Waals surface area (Å²) in [5.74, 6) is 0. The van der Waals surface area contributed by atoms with Gasteiger partial charge in [-0.15, -0.1) is 0 Å². The molecule has 1 aromatic carbocycles. The second kappa shape index (κ2) is 8.07. The van der Waals surface area contributed by atoms with Crippen LogP contribution < -0.4 is 0 Å². The normalized spacial score (nSPS) is 12.7. The maximum atomic E-state index is 5.75. The monoisotopic (exact) mass is 320 g/mol. The molecule has 0 aliphatic heterocycles. The molecule has 2 nitrogen and oxygen atoms in total. The van der Waals surface area contributed by atoms with Crippen LogP contribution in [0.25, 0.3) is 0 Å². The Hall–Kier alpha value is -0.130. The molecular weight excluding hydrogens is 303 g/mol. The van der Waals surface area contributed by atoms with Gasteiger partial charge in [0, 0.05) is 11.0 Å². The summed E-state index contributed by atoms with van der Waals surface area (Å²) in [5, 5.41) is 0. The van der Waals surface area contributed by atoms with Crippen molar-refractivity contribution >= 4 is 22.6 Å². The molecule has 0 radical (unpaired) electrons. The Bertz CT molecular complexity index is 251. The fraction of sp³-hybridized carbons (Fsp3) is 0.500. The van der Waals surface area contributed by atoms with Gasteiger partial charge in [-0.3, -0.25) is 0 Å². The lowest BCUT2D eigenvalue weighted by molar-refractivity contribution is 0.0178. The molecule has 0 aliphatic rings. The summed E-state index contributed by atoms with van der Waals surface area (Å²) < 4.78 is 11.9. The van der Waals surface area contributed by atoms with E-state index in [2.05, 4.69) is 34.7 Å². The van der Waals surface area contributed by atoms with E-state index < -0.39 is 0 Å². The van der Waals surface area contributed by atoms with Gasteiger partial charge in [0.15, 0.2) is 0 Å². The van der Waals surface area contributed by atoms with Crippen LogP contribution in [0.1, 0.15) is 18.6 Å². The van der Waals surface area contributed by atoms with Crippen molar-refractivity contribution in [2.45, 2.75) is 13.0 Å². The first-order valence-electron chi connectivity index (χ1n) is 5.18. The van der Waals surface area contributed by atoms with E-state index in [9.17, 15) is 0 Å². The van der Waals surface area contributed by atoms with Crippen LogP contribution in [-0.2, 0) is 9.47 Å². The third-order valence-corrected chi connectivity index (χ3v) is 2.86. The zero-order valence-electron chi connectivity index (χ0n) is 8.99. The average Bonchev–Trinajstić information content (AvgIpc) is 2.30. The predicted octanol–water partition coefficient (Wildman–Crippen LogP) is 3.22. The molecule has 1 rings (SSSR count). The van der Waals surface area contributed by atoms with E-state index in [-0.39, 0.29) is 6.10 Å². The van der Waals surface area contributed by atoms with Crippen LogP contribution >= 0.6 is 22.6 Å². The van der Waals surface area contributed by atoms with E-state index in [0.29, 0.717) is 13.2 Å². The summed E-state index contributed by atoms with van der Waals surface area (Å²) in [4.78, 5) is 0. The molecule has 0 N–H and O–H groups in total. The smallest absolute Gasteiger partial charge is 0.0915 e. The van der Waals surface area contributed by atoms with E-state index >= 15 is 0 Å². The Labute approximate surface area is 105 Å². The van der Waals surface area contributed by atoms with Crippen molar-refractivity contribution in [3.63, 3.8) is 0 Å². The molecule has 0 fully saturated rings. The topological polar surface area (TPSA) is 18.5 Å². The van der Waals surface area contributed by atoms with Gasteiger partial charge >= 0.3 is 0 Å². The Morgan fingerprint density at radius 1 is 1.20 bits per heavy atom. The second-order valence-electron chi connectivity index (χ2n) is 3.12. The lowest BCUT2D eigenvalue weighted by atomic mass is 10.1. The van der Waals surface area contributed by atoms with Crippen molar-refractivity contribution in [3.8, 4) is 0 Å². The Kier molecular flexibility index (Phi) is 6.96. The molecular formula is C12H17IO2. The van der Waals surface area contributed by atoms with Gasteiger partial charge in [0.05, 0.1) is 19.3 Å². The van der Waals surface area contributed by atoms with Gasteiger partial charge in [0.25, 0.3) is 0 Å². The van der Waals surface area contributed by atoms with Crippen LogP contribution in [0.2, 0.25) is 0 Å². The minimum absolute atomic E-state index is 0.187. The number of hydrogen-bond acceptors (Lipinski definition) is 2. The van der Waals surface area contributed by atoms with Crippen molar-refractivity contribution < 1.29 is 9.47 Å². The van der Waals surface area contributed by atoms with Gasteiger partial charge in [-0.2, -0.15) is 0 Å². The number of benzene rings is 1. The first-order valence-corrected chi connectivity index (χ1v) is 6.71. The first kappa shape index (κ1) is 12.9. The highest BCUT2D eigenvalue weighted by molar-refractivity contribution is 14.1. The summed E-state index contributed by atoms with van der Waals surface area (Å²) in [6.45, 7) is 4.09. The fourth-order valence-electron chi connectivity index (χ4n) is 1.29. The molecule has 0 amide bonds. The third kappa shape index (κ3) is 4.95. The van der Waals surface area contributed by atoms with E-state index in [1.165, 1.54) is 5.56 Å². The average molecular weight is 320 g/mol. The van der Waals surface area contributed by atoms with Gasteiger partial charge in [0.2, 0.25) is 0 Å². The van der Waals surface area contributed by atoms with Crippen LogP contribution in [0, 0.1) is 0 Å². The van der Waals surface area contributed by atoms with Gasteiger partial charge in [-0.25, -0.2) is 0 Å². The Morgan fingerprint density at radius 2 is 1.93 bits per heavy atom. The Balaban J connectivity index is 2.36. The molecule has 1 aromatic rings. The summed E-state index contributed by atoms with van der Waals surface area (Å²) in [6, 6.07) is 10.3. The van der Waals surface area contributed by atoms with E-state index in [1.807, 2.05) is 25.1 Å². The zero-order chi connectivity index (χ0) is 10.9. The van der Waals surface area contributed by atoms with E-state index in [0.717, 1.165) is 11.0 Å². The SMILES string of the molecule is CCOCCOC(CI)c1ccccc1. The molecule has 0 aliphatic carbocycles. The number of alkyl halides is 1. The largest absolute Gasteiger partial charge is 0.379 e. The third-order valence-electron chi connectivity index (χ3n) is 2.06. The van der Waals surface area contributed by atoms with Crippen LogP contribution in [-0.4, -0.2) is 24.2 Å². The van der Waals surface area contributed by atoms with Crippen molar-refractivity contribution in [2.75, 3.05) is 24.2 Å². The summed E-state index contributed by atoms with van der Waals surface area (Å²) in [6.07, 6.45) is 0.187. The molecule has 0 spiro atoms. The lowest BCUT2D eigenvalue weighted by Gasteiger charge is -2.15. The molecule has 0 heterocycles. The molecule has 84 valence electrons. The van der Waals surface area contributed by atoms with Crippen molar-refractivity contribution in [1.82, 2.24) is 0 Å². The summed E-state index contributed by atoms with van der Waals surface area (Å²) >= 11 is 2.35. The molecule has 1 atom stereocenters. The summed E-state index contributed by atoms with van der Waals surface area (Å²) in [5.41, 5.74) is 1.24. The molecule has 1 unspecified atom stereocenters. The van der Waals surface area contributed by atoms with Crippen molar-refractivity contribution in [1.29, 1.82) is 0 Å². The number of halogens is 1. The minimum atomic E-state index is 0.187. The van der Waals surface area contributed by atoms with Gasteiger partial charge < -0.3 is 9.47 Å². The van der Waals surface area contributed by atoms with Crippen LogP contribution in [0.15, 0.2) is 30.3 Å². The number of hydrogen-bond donors (Lipinski definition) is 0. The predicted molar refractivity (Wildman–Crippen MR) is 70.5 cm³/mol. The van der Waals surface area contributed by atoms with Crippen LogP contribution in [0.4, 0.5) is 0 Å². The zero-order valence-corrected chi connectivity index (χ0v) is 11.1.